The van der Waals surface area contributed by atoms with E-state index in [1.165, 1.54) is 64.2 Å². The Morgan fingerprint density at radius 1 is 0.710 bits per heavy atom. The van der Waals surface area contributed by atoms with Gasteiger partial charge in [0.1, 0.15) is 6.54 Å². The second-order valence-electron chi connectivity index (χ2n) is 10.0. The van der Waals surface area contributed by atoms with Crippen LogP contribution in [-0.4, -0.2) is 52.4 Å². The van der Waals surface area contributed by atoms with Crippen molar-refractivity contribution in [2.45, 2.75) is 109 Å². The van der Waals surface area contributed by atoms with Crippen LogP contribution >= 0.6 is 7.60 Å². The van der Waals surface area contributed by atoms with Crippen molar-refractivity contribution < 1.29 is 23.9 Å². The van der Waals surface area contributed by atoms with E-state index in [9.17, 15) is 19.5 Å². The van der Waals surface area contributed by atoms with Crippen molar-refractivity contribution in [3.63, 3.8) is 0 Å². The van der Waals surface area contributed by atoms with Crippen molar-refractivity contribution in [2.75, 3.05) is 27.7 Å². The molecule has 0 saturated carbocycles. The fraction of sp³-hybridized carbons (Fsp3) is 0.840. The molecule has 6 heteroatoms. The summed E-state index contributed by atoms with van der Waals surface area (Å²) in [6.45, 7) is 2.28. The molecule has 3 N–H and O–H groups in total. The topological polar surface area (TPSA) is 77.8 Å². The summed E-state index contributed by atoms with van der Waals surface area (Å²) in [5, 5.41) is 8.53. The second kappa shape index (κ2) is 17.1. The Morgan fingerprint density at radius 2 is 1.13 bits per heavy atom. The van der Waals surface area contributed by atoms with E-state index in [-0.39, 0.29) is 13.0 Å². The van der Waals surface area contributed by atoms with Gasteiger partial charge in [0.25, 0.3) is 0 Å². The van der Waals surface area contributed by atoms with Crippen LogP contribution < -0.4 is 0 Å². The lowest BCUT2D eigenvalue weighted by Gasteiger charge is -2.35. The maximum absolute atomic E-state index is 11.7. The van der Waals surface area contributed by atoms with Crippen LogP contribution in [0.15, 0.2) is 24.3 Å². The predicted molar refractivity (Wildman–Crippen MR) is 133 cm³/mol. The van der Waals surface area contributed by atoms with E-state index in [1.807, 2.05) is 27.2 Å². The number of aliphatic hydroxyl groups is 1. The van der Waals surface area contributed by atoms with E-state index in [0.29, 0.717) is 10.9 Å². The SMILES string of the molecule is CCCCCCCCCCC/C=C\CCC/C=C\CCC(O)(C[N+](C)(C)C)P(=O)(O)O. The molecule has 0 fully saturated rings. The molecule has 0 bridgehead atoms. The third kappa shape index (κ3) is 17.7. The molecule has 0 aliphatic heterocycles. The normalized spacial score (nSPS) is 15.2. The Kier molecular flexibility index (Phi) is 16.8. The summed E-state index contributed by atoms with van der Waals surface area (Å²) >= 11 is 0. The number of hydrogen-bond donors (Lipinski definition) is 3. The summed E-state index contributed by atoms with van der Waals surface area (Å²) in [5.41, 5.74) is 0. The smallest absolute Gasteiger partial charge is 0.362 e. The molecule has 5 nitrogen and oxygen atoms in total. The summed E-state index contributed by atoms with van der Waals surface area (Å²) in [4.78, 5) is 19.1. The molecule has 0 aliphatic carbocycles. The summed E-state index contributed by atoms with van der Waals surface area (Å²) in [5.74, 6) is 0. The van der Waals surface area contributed by atoms with Crippen molar-refractivity contribution in [3.05, 3.63) is 24.3 Å². The number of likely N-dealkylation sites (N-methyl/N-ethyl adjacent to an activating group) is 1. The molecule has 0 amide bonds. The molecular formula is C25H51NO4P+. The van der Waals surface area contributed by atoms with Crippen LogP contribution in [0, 0.1) is 0 Å². The first kappa shape index (κ1) is 30.6. The number of rotatable bonds is 20. The van der Waals surface area contributed by atoms with Gasteiger partial charge >= 0.3 is 7.60 Å². The average molecular weight is 461 g/mol. The molecule has 0 saturated heterocycles. The van der Waals surface area contributed by atoms with E-state index < -0.39 is 12.9 Å². The van der Waals surface area contributed by atoms with Crippen LogP contribution in [0.25, 0.3) is 0 Å². The Morgan fingerprint density at radius 3 is 1.58 bits per heavy atom. The lowest BCUT2D eigenvalue weighted by Crippen LogP contribution is -2.49. The highest BCUT2D eigenvalue weighted by Gasteiger charge is 2.48. The molecule has 0 aromatic heterocycles. The first-order chi connectivity index (χ1) is 14.5. The van der Waals surface area contributed by atoms with Crippen LogP contribution in [0.1, 0.15) is 103 Å². The molecule has 0 aromatic carbocycles. The first-order valence-corrected chi connectivity index (χ1v) is 14.0. The number of hydrogen-bond acceptors (Lipinski definition) is 2. The summed E-state index contributed by atoms with van der Waals surface area (Å²) in [7, 11) is 0.877. The standard InChI is InChI=1S/C25H50NO4P/c1-5-6-7-8-9-10-11-12-13-14-15-16-17-18-19-20-21-22-23-25(27,31(28,29)30)24-26(2,3)4/h15-16,20-21,27H,5-14,17-19,22-24H2,1-4H3,(H-,28,29,30)/p+1/b16-15-,21-20-. The summed E-state index contributed by atoms with van der Waals surface area (Å²) in [6.07, 6.45) is 25.7. The minimum atomic E-state index is -4.58. The number of quaternary nitrogens is 1. The molecule has 0 spiro atoms. The van der Waals surface area contributed by atoms with Gasteiger partial charge in [-0.25, -0.2) is 0 Å². The van der Waals surface area contributed by atoms with Crippen LogP contribution in [-0.2, 0) is 4.57 Å². The lowest BCUT2D eigenvalue weighted by atomic mass is 10.1. The zero-order valence-electron chi connectivity index (χ0n) is 20.8. The van der Waals surface area contributed by atoms with Gasteiger partial charge in [0.2, 0.25) is 5.34 Å². The predicted octanol–water partition coefficient (Wildman–Crippen LogP) is 6.54. The summed E-state index contributed by atoms with van der Waals surface area (Å²) in [6, 6.07) is 0. The molecule has 1 unspecified atom stereocenters. The van der Waals surface area contributed by atoms with Crippen molar-refractivity contribution in [1.82, 2.24) is 0 Å². The van der Waals surface area contributed by atoms with E-state index in [0.717, 1.165) is 19.3 Å². The van der Waals surface area contributed by atoms with Gasteiger partial charge in [0.05, 0.1) is 21.1 Å². The molecule has 0 aromatic rings. The quantitative estimate of drug-likeness (QED) is 0.0834. The fourth-order valence-electron chi connectivity index (χ4n) is 3.79. The molecule has 31 heavy (non-hydrogen) atoms. The molecule has 0 rings (SSSR count). The van der Waals surface area contributed by atoms with Crippen LogP contribution in [0.3, 0.4) is 0 Å². The molecular weight excluding hydrogens is 409 g/mol. The average Bonchev–Trinajstić information content (AvgIpc) is 2.65. The van der Waals surface area contributed by atoms with Crippen molar-refractivity contribution in [1.29, 1.82) is 0 Å². The highest BCUT2D eigenvalue weighted by Crippen LogP contribution is 2.52. The summed E-state index contributed by atoms with van der Waals surface area (Å²) < 4.78 is 12.0. The first-order valence-electron chi connectivity index (χ1n) is 12.4. The fourth-order valence-corrected chi connectivity index (χ4v) is 4.82. The molecule has 0 aliphatic rings. The largest absolute Gasteiger partial charge is 0.373 e. The van der Waals surface area contributed by atoms with Gasteiger partial charge in [-0.3, -0.25) is 4.57 Å². The van der Waals surface area contributed by atoms with E-state index in [4.69, 9.17) is 0 Å². The van der Waals surface area contributed by atoms with Gasteiger partial charge in [0.15, 0.2) is 0 Å². The van der Waals surface area contributed by atoms with Gasteiger partial charge in [0, 0.05) is 0 Å². The lowest BCUT2D eigenvalue weighted by molar-refractivity contribution is -0.875. The molecule has 184 valence electrons. The molecule has 0 radical (unpaired) electrons. The van der Waals surface area contributed by atoms with Crippen molar-refractivity contribution in [3.8, 4) is 0 Å². The number of unbranched alkanes of at least 4 members (excludes halogenated alkanes) is 11. The van der Waals surface area contributed by atoms with E-state index >= 15 is 0 Å². The number of nitrogens with zero attached hydrogens (tertiary/aromatic N) is 1. The minimum absolute atomic E-state index is 0.0227. The van der Waals surface area contributed by atoms with Crippen molar-refractivity contribution >= 4 is 7.60 Å². The van der Waals surface area contributed by atoms with Gasteiger partial charge in [-0.1, -0.05) is 82.6 Å². The Bertz CT molecular complexity index is 536. The Labute approximate surface area is 192 Å². The van der Waals surface area contributed by atoms with Gasteiger partial charge < -0.3 is 19.4 Å². The third-order valence-corrected chi connectivity index (χ3v) is 6.98. The van der Waals surface area contributed by atoms with Gasteiger partial charge in [-0.05, 0) is 44.9 Å². The van der Waals surface area contributed by atoms with Crippen LogP contribution in [0.4, 0.5) is 0 Å². The highest BCUT2D eigenvalue weighted by molar-refractivity contribution is 7.53. The van der Waals surface area contributed by atoms with E-state index in [2.05, 4.69) is 25.2 Å². The minimum Gasteiger partial charge on any atom is -0.373 e. The van der Waals surface area contributed by atoms with Gasteiger partial charge in [-0.15, -0.1) is 0 Å². The van der Waals surface area contributed by atoms with E-state index in [1.54, 1.807) is 0 Å². The number of allylic oxidation sites excluding steroid dienone is 4. The highest BCUT2D eigenvalue weighted by atomic mass is 31.2. The maximum Gasteiger partial charge on any atom is 0.362 e. The Hall–Kier alpha value is -0.450. The molecule has 1 atom stereocenters. The van der Waals surface area contributed by atoms with Gasteiger partial charge in [-0.2, -0.15) is 0 Å². The van der Waals surface area contributed by atoms with Crippen LogP contribution in [0.2, 0.25) is 0 Å². The molecule has 0 heterocycles. The van der Waals surface area contributed by atoms with Crippen molar-refractivity contribution in [2.24, 2.45) is 0 Å². The monoisotopic (exact) mass is 460 g/mol. The maximum atomic E-state index is 11.7. The zero-order chi connectivity index (χ0) is 23.6. The Balaban J connectivity index is 3.77. The van der Waals surface area contributed by atoms with Crippen LogP contribution in [0.5, 0.6) is 0 Å². The third-order valence-electron chi connectivity index (χ3n) is 5.53. The second-order valence-corrected chi connectivity index (χ2v) is 11.9. The zero-order valence-corrected chi connectivity index (χ0v) is 21.7.